The van der Waals surface area contributed by atoms with Crippen molar-refractivity contribution in [1.82, 2.24) is 9.97 Å². The third-order valence-corrected chi connectivity index (χ3v) is 5.30. The van der Waals surface area contributed by atoms with E-state index < -0.39 is 0 Å². The van der Waals surface area contributed by atoms with E-state index in [4.69, 9.17) is 27.6 Å². The van der Waals surface area contributed by atoms with Crippen molar-refractivity contribution in [1.29, 1.82) is 0 Å². The average molecular weight is 371 g/mol. The van der Waals surface area contributed by atoms with E-state index in [1.54, 1.807) is 24.3 Å². The van der Waals surface area contributed by atoms with Crippen molar-refractivity contribution in [3.63, 3.8) is 0 Å². The molecule has 1 N–H and O–H groups in total. The molecule has 26 heavy (non-hydrogen) atoms. The third-order valence-electron chi connectivity index (χ3n) is 4.99. The SMILES string of the molecule is [C-]#[N+]c1ccc(Nc2cc(OC3C4CCCC3COC4)ncn2)c(Cl)c1. The molecule has 1 aromatic carbocycles. The zero-order valence-electron chi connectivity index (χ0n) is 14.2. The number of benzene rings is 1. The van der Waals surface area contributed by atoms with Gasteiger partial charge in [-0.1, -0.05) is 24.1 Å². The molecule has 1 aliphatic heterocycles. The number of ether oxygens (including phenoxy) is 2. The Bertz CT molecular complexity index is 817. The fourth-order valence-corrected chi connectivity index (χ4v) is 3.92. The highest BCUT2D eigenvalue weighted by molar-refractivity contribution is 6.33. The van der Waals surface area contributed by atoms with Gasteiger partial charge in [-0.15, -0.1) is 0 Å². The predicted molar refractivity (Wildman–Crippen MR) is 99.1 cm³/mol. The minimum atomic E-state index is 0.154. The average Bonchev–Trinajstić information content (AvgIpc) is 2.63. The molecule has 1 aliphatic carbocycles. The number of aromatic nitrogens is 2. The number of anilines is 2. The lowest BCUT2D eigenvalue weighted by atomic mass is 9.78. The molecule has 2 aliphatic rings. The zero-order valence-corrected chi connectivity index (χ0v) is 14.9. The number of nitrogens with one attached hydrogen (secondary N) is 1. The summed E-state index contributed by atoms with van der Waals surface area (Å²) < 4.78 is 11.9. The van der Waals surface area contributed by atoms with Crippen LogP contribution in [0.25, 0.3) is 4.85 Å². The topological polar surface area (TPSA) is 60.6 Å². The Kier molecular flexibility index (Phi) is 4.91. The largest absolute Gasteiger partial charge is 0.473 e. The molecule has 0 spiro atoms. The van der Waals surface area contributed by atoms with E-state index in [0.717, 1.165) is 26.1 Å². The molecule has 2 unspecified atom stereocenters. The second-order valence-corrected chi connectivity index (χ2v) is 7.12. The lowest BCUT2D eigenvalue weighted by molar-refractivity contribution is -0.0918. The van der Waals surface area contributed by atoms with Gasteiger partial charge in [0.2, 0.25) is 5.88 Å². The zero-order chi connectivity index (χ0) is 17.9. The van der Waals surface area contributed by atoms with Crippen LogP contribution in [-0.2, 0) is 4.74 Å². The molecular weight excluding hydrogens is 352 g/mol. The van der Waals surface area contributed by atoms with E-state index in [-0.39, 0.29) is 6.10 Å². The highest BCUT2D eigenvalue weighted by Crippen LogP contribution is 2.36. The molecule has 2 heterocycles. The van der Waals surface area contributed by atoms with Crippen LogP contribution in [0.5, 0.6) is 5.88 Å². The predicted octanol–water partition coefficient (Wildman–Crippen LogP) is 4.62. The van der Waals surface area contributed by atoms with Gasteiger partial charge in [0.15, 0.2) is 5.69 Å². The van der Waals surface area contributed by atoms with Crippen molar-refractivity contribution in [2.75, 3.05) is 18.5 Å². The molecule has 4 rings (SSSR count). The molecule has 2 atom stereocenters. The molecule has 2 fully saturated rings. The summed E-state index contributed by atoms with van der Waals surface area (Å²) in [4.78, 5) is 11.9. The first-order valence-corrected chi connectivity index (χ1v) is 9.11. The summed E-state index contributed by atoms with van der Waals surface area (Å²) in [6.45, 7) is 8.56. The van der Waals surface area contributed by atoms with Gasteiger partial charge in [0, 0.05) is 17.9 Å². The van der Waals surface area contributed by atoms with Crippen molar-refractivity contribution in [3.05, 3.63) is 47.0 Å². The fraction of sp³-hybridized carbons (Fsp3) is 0.421. The maximum atomic E-state index is 7.04. The van der Waals surface area contributed by atoms with E-state index >= 15 is 0 Å². The minimum absolute atomic E-state index is 0.154. The quantitative estimate of drug-likeness (QED) is 0.796. The Labute approximate surface area is 157 Å². The molecule has 0 radical (unpaired) electrons. The summed E-state index contributed by atoms with van der Waals surface area (Å²) >= 11 is 6.22. The van der Waals surface area contributed by atoms with Crippen molar-refractivity contribution in [2.45, 2.75) is 25.4 Å². The second-order valence-electron chi connectivity index (χ2n) is 6.71. The first-order chi connectivity index (χ1) is 12.7. The van der Waals surface area contributed by atoms with Crippen LogP contribution in [0, 0.1) is 18.4 Å². The molecule has 134 valence electrons. The smallest absolute Gasteiger partial charge is 0.218 e. The summed E-state index contributed by atoms with van der Waals surface area (Å²) in [7, 11) is 0. The molecule has 1 aromatic heterocycles. The highest BCUT2D eigenvalue weighted by Gasteiger charge is 2.39. The molecule has 2 aromatic rings. The Morgan fingerprint density at radius 1 is 1.19 bits per heavy atom. The third kappa shape index (κ3) is 3.59. The molecule has 6 nitrogen and oxygen atoms in total. The summed E-state index contributed by atoms with van der Waals surface area (Å²) in [5, 5.41) is 3.63. The number of hydrogen-bond acceptors (Lipinski definition) is 5. The van der Waals surface area contributed by atoms with Crippen molar-refractivity contribution in [2.24, 2.45) is 11.8 Å². The van der Waals surface area contributed by atoms with Gasteiger partial charge < -0.3 is 14.8 Å². The van der Waals surface area contributed by atoms with E-state index in [0.29, 0.717) is 39.9 Å². The standard InChI is InChI=1S/C19H19ClN4O2/c1-21-14-5-6-16(15(20)7-14)24-17-8-18(23-11-22-17)26-19-12-3-2-4-13(19)10-25-9-12/h5-8,11-13,19H,2-4,9-10H2,(H,22,23,24). The molecule has 0 amide bonds. The van der Waals surface area contributed by atoms with E-state index in [2.05, 4.69) is 20.1 Å². The van der Waals surface area contributed by atoms with Gasteiger partial charge in [0.05, 0.1) is 30.5 Å². The van der Waals surface area contributed by atoms with Crippen molar-refractivity contribution >= 4 is 28.8 Å². The van der Waals surface area contributed by atoms with Crippen LogP contribution in [0.1, 0.15) is 19.3 Å². The van der Waals surface area contributed by atoms with Gasteiger partial charge in [-0.3, -0.25) is 0 Å². The molecule has 1 saturated carbocycles. The Morgan fingerprint density at radius 2 is 2.00 bits per heavy atom. The normalized spacial score (nSPS) is 24.5. The number of halogens is 1. The first-order valence-electron chi connectivity index (χ1n) is 8.73. The molecule has 2 bridgehead atoms. The highest BCUT2D eigenvalue weighted by atomic mass is 35.5. The second kappa shape index (κ2) is 7.48. The number of rotatable bonds is 4. The lowest BCUT2D eigenvalue weighted by Crippen LogP contribution is -2.46. The summed E-state index contributed by atoms with van der Waals surface area (Å²) in [6.07, 6.45) is 5.16. The van der Waals surface area contributed by atoms with Crippen molar-refractivity contribution < 1.29 is 9.47 Å². The minimum Gasteiger partial charge on any atom is -0.473 e. The van der Waals surface area contributed by atoms with Crippen LogP contribution in [0.2, 0.25) is 5.02 Å². The fourth-order valence-electron chi connectivity index (χ4n) is 3.70. The first kappa shape index (κ1) is 17.1. The number of nitrogens with zero attached hydrogens (tertiary/aromatic N) is 3. The van der Waals surface area contributed by atoms with Crippen LogP contribution < -0.4 is 10.1 Å². The molecular formula is C19H19ClN4O2. The Balaban J connectivity index is 1.49. The monoisotopic (exact) mass is 370 g/mol. The van der Waals surface area contributed by atoms with Crippen LogP contribution in [0.3, 0.4) is 0 Å². The van der Waals surface area contributed by atoms with Gasteiger partial charge >= 0.3 is 0 Å². The Hall–Kier alpha value is -2.36. The van der Waals surface area contributed by atoms with E-state index in [1.165, 1.54) is 12.7 Å². The van der Waals surface area contributed by atoms with Crippen LogP contribution in [0.15, 0.2) is 30.6 Å². The van der Waals surface area contributed by atoms with Gasteiger partial charge in [0.1, 0.15) is 18.2 Å². The summed E-state index contributed by atoms with van der Waals surface area (Å²) in [5.74, 6) is 2.03. The van der Waals surface area contributed by atoms with Crippen LogP contribution in [-0.4, -0.2) is 29.3 Å². The molecule has 1 saturated heterocycles. The number of hydrogen-bond donors (Lipinski definition) is 1. The van der Waals surface area contributed by atoms with E-state index in [9.17, 15) is 0 Å². The van der Waals surface area contributed by atoms with Crippen molar-refractivity contribution in [3.8, 4) is 5.88 Å². The Morgan fingerprint density at radius 3 is 2.73 bits per heavy atom. The van der Waals surface area contributed by atoms with Gasteiger partial charge in [0.25, 0.3) is 0 Å². The van der Waals surface area contributed by atoms with Gasteiger partial charge in [-0.2, -0.15) is 0 Å². The lowest BCUT2D eigenvalue weighted by Gasteiger charge is -2.41. The summed E-state index contributed by atoms with van der Waals surface area (Å²) in [5.41, 5.74) is 1.19. The van der Waals surface area contributed by atoms with E-state index in [1.807, 2.05) is 0 Å². The van der Waals surface area contributed by atoms with Crippen LogP contribution >= 0.6 is 11.6 Å². The van der Waals surface area contributed by atoms with Crippen LogP contribution in [0.4, 0.5) is 17.2 Å². The molecule has 7 heteroatoms. The van der Waals surface area contributed by atoms with Gasteiger partial charge in [-0.25, -0.2) is 14.8 Å². The maximum absolute atomic E-state index is 7.04. The van der Waals surface area contributed by atoms with Gasteiger partial charge in [-0.05, 0) is 25.0 Å². The summed E-state index contributed by atoms with van der Waals surface area (Å²) in [6, 6.07) is 6.88. The maximum Gasteiger partial charge on any atom is 0.218 e. The number of fused-ring (bicyclic) bond motifs is 2.